The van der Waals surface area contributed by atoms with Gasteiger partial charge in [0, 0.05) is 37.4 Å². The number of hydrogen-bond acceptors (Lipinski definition) is 4. The summed E-state index contributed by atoms with van der Waals surface area (Å²) >= 11 is 0. The lowest BCUT2D eigenvalue weighted by Crippen LogP contribution is -2.55. The number of nitrogens with two attached hydrogens (primary N) is 1. The van der Waals surface area contributed by atoms with Crippen LogP contribution in [0.25, 0.3) is 0 Å². The molecule has 21 heavy (non-hydrogen) atoms. The zero-order valence-electron chi connectivity index (χ0n) is 12.9. The Bertz CT molecular complexity index is 465. The summed E-state index contributed by atoms with van der Waals surface area (Å²) in [4.78, 5) is 14.5. The minimum absolute atomic E-state index is 0.00882. The van der Waals surface area contributed by atoms with E-state index in [0.29, 0.717) is 18.7 Å². The summed E-state index contributed by atoms with van der Waals surface area (Å²) in [5, 5.41) is 3.06. The molecule has 1 fully saturated rings. The average molecular weight is 291 g/mol. The minimum atomic E-state index is -0.0358. The van der Waals surface area contributed by atoms with E-state index in [4.69, 9.17) is 10.5 Å². The predicted molar refractivity (Wildman–Crippen MR) is 83.1 cm³/mol. The van der Waals surface area contributed by atoms with Crippen molar-refractivity contribution in [2.75, 3.05) is 33.9 Å². The minimum Gasteiger partial charge on any atom is -0.381 e. The predicted octanol–water partition coefficient (Wildman–Crippen LogP) is 0.986. The molecule has 0 bridgehead atoms. The number of nitrogens with zero attached hydrogens (tertiary/aromatic N) is 1. The van der Waals surface area contributed by atoms with Gasteiger partial charge in [-0.25, -0.2) is 0 Å². The molecule has 1 aromatic rings. The van der Waals surface area contributed by atoms with E-state index in [1.54, 1.807) is 0 Å². The number of likely N-dealkylation sites (N-methyl/N-ethyl adjacent to an activating group) is 1. The van der Waals surface area contributed by atoms with Crippen LogP contribution in [0.3, 0.4) is 0 Å². The Kier molecular flexibility index (Phi) is 5.33. The molecular formula is C16H25N3O2. The van der Waals surface area contributed by atoms with Crippen molar-refractivity contribution in [1.29, 1.82) is 0 Å². The third-order valence-electron chi connectivity index (χ3n) is 4.40. The molecule has 0 spiro atoms. The number of carbonyl (C=O) groups is 1. The first-order valence-electron chi connectivity index (χ1n) is 7.40. The molecule has 2 rings (SSSR count). The summed E-state index contributed by atoms with van der Waals surface area (Å²) in [6.07, 6.45) is 1.87. The van der Waals surface area contributed by atoms with Gasteiger partial charge in [0.1, 0.15) is 0 Å². The third-order valence-corrected chi connectivity index (χ3v) is 4.40. The number of hydrogen-bond donors (Lipinski definition) is 2. The van der Waals surface area contributed by atoms with E-state index in [-0.39, 0.29) is 11.4 Å². The monoisotopic (exact) mass is 291 g/mol. The summed E-state index contributed by atoms with van der Waals surface area (Å²) in [6, 6.07) is 7.43. The van der Waals surface area contributed by atoms with Crippen molar-refractivity contribution in [3.05, 3.63) is 35.4 Å². The Balaban J connectivity index is 1.98. The molecule has 0 aliphatic carbocycles. The van der Waals surface area contributed by atoms with E-state index >= 15 is 0 Å². The molecule has 0 saturated carbocycles. The molecule has 1 saturated heterocycles. The van der Waals surface area contributed by atoms with Crippen LogP contribution in [0.1, 0.15) is 28.8 Å². The van der Waals surface area contributed by atoms with Gasteiger partial charge in [-0.2, -0.15) is 0 Å². The highest BCUT2D eigenvalue weighted by atomic mass is 16.5. The number of amides is 1. The largest absolute Gasteiger partial charge is 0.381 e. The molecule has 116 valence electrons. The second kappa shape index (κ2) is 7.02. The Hall–Kier alpha value is -1.43. The normalized spacial score (nSPS) is 17.7. The molecule has 0 radical (unpaired) electrons. The summed E-state index contributed by atoms with van der Waals surface area (Å²) in [5.41, 5.74) is 7.26. The van der Waals surface area contributed by atoms with Gasteiger partial charge in [-0.05, 0) is 44.6 Å². The Labute approximate surface area is 126 Å². The lowest BCUT2D eigenvalue weighted by atomic mass is 9.88. The molecule has 3 N–H and O–H groups in total. The van der Waals surface area contributed by atoms with E-state index in [0.717, 1.165) is 31.6 Å². The SMILES string of the molecule is CN(C)C1(CNC(=O)c2ccc(CN)cc2)CCOCC1. The maximum Gasteiger partial charge on any atom is 0.251 e. The molecule has 5 heteroatoms. The van der Waals surface area contributed by atoms with Crippen molar-refractivity contribution in [2.24, 2.45) is 5.73 Å². The quantitative estimate of drug-likeness (QED) is 0.849. The van der Waals surface area contributed by atoms with Crippen molar-refractivity contribution < 1.29 is 9.53 Å². The first-order chi connectivity index (χ1) is 10.1. The van der Waals surface area contributed by atoms with Gasteiger partial charge in [0.15, 0.2) is 0 Å². The number of rotatable bonds is 5. The Morgan fingerprint density at radius 3 is 2.43 bits per heavy atom. The van der Waals surface area contributed by atoms with E-state index in [9.17, 15) is 4.79 Å². The second-order valence-corrected chi connectivity index (χ2v) is 5.81. The zero-order chi connectivity index (χ0) is 15.3. The molecule has 1 heterocycles. The average Bonchev–Trinajstić information content (AvgIpc) is 2.53. The number of nitrogens with one attached hydrogen (secondary N) is 1. The van der Waals surface area contributed by atoms with Gasteiger partial charge in [0.05, 0.1) is 0 Å². The van der Waals surface area contributed by atoms with Crippen molar-refractivity contribution >= 4 is 5.91 Å². The van der Waals surface area contributed by atoms with E-state index in [2.05, 4.69) is 24.3 Å². The molecule has 1 aromatic carbocycles. The fourth-order valence-corrected chi connectivity index (χ4v) is 2.67. The zero-order valence-corrected chi connectivity index (χ0v) is 12.9. The molecular weight excluding hydrogens is 266 g/mol. The standard InChI is InChI=1S/C16H25N3O2/c1-19(2)16(7-9-21-10-8-16)12-18-15(20)14-5-3-13(11-17)4-6-14/h3-6H,7-12,17H2,1-2H3,(H,18,20). The fraction of sp³-hybridized carbons (Fsp3) is 0.562. The van der Waals surface area contributed by atoms with Gasteiger partial charge >= 0.3 is 0 Å². The lowest BCUT2D eigenvalue weighted by molar-refractivity contribution is -0.00657. The topological polar surface area (TPSA) is 67.6 Å². The third kappa shape index (κ3) is 3.81. The van der Waals surface area contributed by atoms with Crippen molar-refractivity contribution in [3.8, 4) is 0 Å². The number of carbonyl (C=O) groups excluding carboxylic acids is 1. The van der Waals surface area contributed by atoms with Crippen LogP contribution in [0.4, 0.5) is 0 Å². The summed E-state index contributed by atoms with van der Waals surface area (Å²) in [7, 11) is 4.13. The van der Waals surface area contributed by atoms with Gasteiger partial charge in [-0.1, -0.05) is 12.1 Å². The van der Waals surface area contributed by atoms with Crippen molar-refractivity contribution in [1.82, 2.24) is 10.2 Å². The van der Waals surface area contributed by atoms with Crippen LogP contribution >= 0.6 is 0 Å². The van der Waals surface area contributed by atoms with Gasteiger partial charge in [-0.15, -0.1) is 0 Å². The van der Waals surface area contributed by atoms with Crippen molar-refractivity contribution in [2.45, 2.75) is 24.9 Å². The summed E-state index contributed by atoms with van der Waals surface area (Å²) < 4.78 is 5.44. The molecule has 1 aliphatic rings. The molecule has 1 aliphatic heterocycles. The van der Waals surface area contributed by atoms with Crippen LogP contribution in [0.15, 0.2) is 24.3 Å². The first kappa shape index (κ1) is 15.9. The highest BCUT2D eigenvalue weighted by molar-refractivity contribution is 5.94. The van der Waals surface area contributed by atoms with Crippen LogP contribution in [0, 0.1) is 0 Å². The highest BCUT2D eigenvalue weighted by Crippen LogP contribution is 2.25. The lowest BCUT2D eigenvalue weighted by Gasteiger charge is -2.42. The maximum atomic E-state index is 12.3. The smallest absolute Gasteiger partial charge is 0.251 e. The van der Waals surface area contributed by atoms with Crippen LogP contribution in [-0.4, -0.2) is 50.2 Å². The molecule has 0 atom stereocenters. The molecule has 0 aromatic heterocycles. The summed E-state index contributed by atoms with van der Waals surface area (Å²) in [6.45, 7) is 2.63. The molecule has 1 amide bonds. The van der Waals surface area contributed by atoms with Crippen molar-refractivity contribution in [3.63, 3.8) is 0 Å². The number of ether oxygens (including phenoxy) is 1. The van der Waals surface area contributed by atoms with Gasteiger partial charge in [-0.3, -0.25) is 4.79 Å². The first-order valence-corrected chi connectivity index (χ1v) is 7.40. The van der Waals surface area contributed by atoms with E-state index in [1.165, 1.54) is 0 Å². The fourth-order valence-electron chi connectivity index (χ4n) is 2.67. The number of benzene rings is 1. The molecule has 5 nitrogen and oxygen atoms in total. The van der Waals surface area contributed by atoms with Crippen LogP contribution in [0.2, 0.25) is 0 Å². The second-order valence-electron chi connectivity index (χ2n) is 5.81. The maximum absolute atomic E-state index is 12.3. The summed E-state index contributed by atoms with van der Waals surface area (Å²) in [5.74, 6) is -0.0358. The van der Waals surface area contributed by atoms with Crippen LogP contribution in [-0.2, 0) is 11.3 Å². The van der Waals surface area contributed by atoms with Gasteiger partial charge in [0.2, 0.25) is 0 Å². The van der Waals surface area contributed by atoms with Gasteiger partial charge < -0.3 is 20.7 Å². The van der Waals surface area contributed by atoms with E-state index < -0.39 is 0 Å². The van der Waals surface area contributed by atoms with Crippen LogP contribution in [0.5, 0.6) is 0 Å². The van der Waals surface area contributed by atoms with E-state index in [1.807, 2.05) is 24.3 Å². The van der Waals surface area contributed by atoms with Crippen LogP contribution < -0.4 is 11.1 Å². The van der Waals surface area contributed by atoms with Gasteiger partial charge in [0.25, 0.3) is 5.91 Å². The molecule has 0 unspecified atom stereocenters. The Morgan fingerprint density at radius 2 is 1.90 bits per heavy atom. The highest BCUT2D eigenvalue weighted by Gasteiger charge is 2.35. The Morgan fingerprint density at radius 1 is 1.29 bits per heavy atom.